The van der Waals surface area contributed by atoms with Crippen molar-refractivity contribution in [3.8, 4) is 0 Å². The molecule has 7 heteroatoms. The van der Waals surface area contributed by atoms with Crippen LogP contribution in [0.3, 0.4) is 0 Å². The van der Waals surface area contributed by atoms with Gasteiger partial charge in [0.1, 0.15) is 0 Å². The van der Waals surface area contributed by atoms with E-state index in [1.54, 1.807) is 6.92 Å². The number of nitrogens with zero attached hydrogens (tertiary/aromatic N) is 2. The van der Waals surface area contributed by atoms with Crippen LogP contribution in [0.15, 0.2) is 16.0 Å². The molecule has 0 spiro atoms. The lowest BCUT2D eigenvalue weighted by atomic mass is 10.3. The number of aromatic nitrogens is 4. The van der Waals surface area contributed by atoms with Crippen molar-refractivity contribution in [1.29, 1.82) is 0 Å². The van der Waals surface area contributed by atoms with E-state index in [2.05, 4.69) is 19.9 Å². The number of thioether (sulfide) groups is 1. The van der Waals surface area contributed by atoms with Crippen LogP contribution in [0, 0.1) is 6.92 Å². The zero-order valence-electron chi connectivity index (χ0n) is 10.1. The Labute approximate surface area is 113 Å². The standard InChI is InChI=1S/C11H13ClN4OS/c1-3-7-8(15-10(12)14-7)5-18-11-13-6(2)4-9(17)16-11/h4H,3,5H2,1-2H3,(H,14,15)(H,13,16,17). The van der Waals surface area contributed by atoms with Gasteiger partial charge in [-0.1, -0.05) is 18.7 Å². The number of hydrogen-bond donors (Lipinski definition) is 2. The molecule has 0 aliphatic heterocycles. The van der Waals surface area contributed by atoms with E-state index in [1.807, 2.05) is 6.92 Å². The van der Waals surface area contributed by atoms with Gasteiger partial charge in [-0.25, -0.2) is 9.97 Å². The number of nitrogens with one attached hydrogen (secondary N) is 2. The number of hydrogen-bond acceptors (Lipinski definition) is 4. The van der Waals surface area contributed by atoms with Crippen molar-refractivity contribution < 1.29 is 0 Å². The van der Waals surface area contributed by atoms with Gasteiger partial charge in [-0.15, -0.1) is 0 Å². The molecule has 5 nitrogen and oxygen atoms in total. The monoisotopic (exact) mass is 284 g/mol. The lowest BCUT2D eigenvalue weighted by Crippen LogP contribution is -2.08. The summed E-state index contributed by atoms with van der Waals surface area (Å²) in [4.78, 5) is 25.4. The van der Waals surface area contributed by atoms with Crippen LogP contribution < -0.4 is 5.56 Å². The summed E-state index contributed by atoms with van der Waals surface area (Å²) in [5.74, 6) is 0.648. The predicted molar refractivity (Wildman–Crippen MR) is 72.1 cm³/mol. The van der Waals surface area contributed by atoms with Gasteiger partial charge in [-0.3, -0.25) is 4.79 Å². The third-order valence-corrected chi connectivity index (χ3v) is 3.45. The Kier molecular flexibility index (Phi) is 4.08. The van der Waals surface area contributed by atoms with Gasteiger partial charge in [0, 0.05) is 23.2 Å². The number of imidazole rings is 1. The average molecular weight is 285 g/mol. The Morgan fingerprint density at radius 2 is 2.17 bits per heavy atom. The highest BCUT2D eigenvalue weighted by atomic mass is 35.5. The molecule has 0 bridgehead atoms. The second kappa shape index (κ2) is 5.58. The molecule has 18 heavy (non-hydrogen) atoms. The maximum absolute atomic E-state index is 11.3. The Balaban J connectivity index is 2.13. The van der Waals surface area contributed by atoms with Crippen LogP contribution in [0.2, 0.25) is 5.28 Å². The molecule has 0 atom stereocenters. The lowest BCUT2D eigenvalue weighted by Gasteiger charge is -2.01. The van der Waals surface area contributed by atoms with E-state index in [1.165, 1.54) is 17.8 Å². The molecule has 0 saturated heterocycles. The van der Waals surface area contributed by atoms with Crippen LogP contribution >= 0.6 is 23.4 Å². The summed E-state index contributed by atoms with van der Waals surface area (Å²) in [7, 11) is 0. The first-order valence-electron chi connectivity index (χ1n) is 5.52. The van der Waals surface area contributed by atoms with E-state index >= 15 is 0 Å². The molecule has 0 aliphatic carbocycles. The van der Waals surface area contributed by atoms with Gasteiger partial charge >= 0.3 is 0 Å². The first-order valence-corrected chi connectivity index (χ1v) is 6.89. The van der Waals surface area contributed by atoms with E-state index in [9.17, 15) is 4.79 Å². The van der Waals surface area contributed by atoms with E-state index in [0.717, 1.165) is 17.8 Å². The number of H-pyrrole nitrogens is 2. The summed E-state index contributed by atoms with van der Waals surface area (Å²) in [5.41, 5.74) is 2.49. The lowest BCUT2D eigenvalue weighted by molar-refractivity contribution is 0.903. The van der Waals surface area contributed by atoms with Gasteiger partial charge in [-0.2, -0.15) is 0 Å². The van der Waals surface area contributed by atoms with Crippen LogP contribution in [-0.4, -0.2) is 19.9 Å². The van der Waals surface area contributed by atoms with Gasteiger partial charge in [0.25, 0.3) is 5.56 Å². The summed E-state index contributed by atoms with van der Waals surface area (Å²) < 4.78 is 0. The summed E-state index contributed by atoms with van der Waals surface area (Å²) >= 11 is 7.28. The normalized spacial score (nSPS) is 10.8. The molecular weight excluding hydrogens is 272 g/mol. The minimum absolute atomic E-state index is 0.136. The number of rotatable bonds is 4. The van der Waals surface area contributed by atoms with Gasteiger partial charge < -0.3 is 9.97 Å². The maximum Gasteiger partial charge on any atom is 0.251 e. The molecule has 0 aliphatic rings. The predicted octanol–water partition coefficient (Wildman–Crippen LogP) is 2.31. The van der Waals surface area contributed by atoms with Crippen molar-refractivity contribution in [1.82, 2.24) is 19.9 Å². The molecule has 0 aromatic carbocycles. The molecule has 0 fully saturated rings. The minimum atomic E-state index is -0.136. The summed E-state index contributed by atoms with van der Waals surface area (Å²) in [6.45, 7) is 3.82. The Bertz CT molecular complexity index is 607. The topological polar surface area (TPSA) is 74.4 Å². The van der Waals surface area contributed by atoms with Crippen molar-refractivity contribution in [2.45, 2.75) is 31.2 Å². The van der Waals surface area contributed by atoms with E-state index in [4.69, 9.17) is 11.6 Å². The van der Waals surface area contributed by atoms with E-state index in [-0.39, 0.29) is 5.56 Å². The first kappa shape index (κ1) is 13.2. The minimum Gasteiger partial charge on any atom is -0.332 e. The highest BCUT2D eigenvalue weighted by Gasteiger charge is 2.08. The van der Waals surface area contributed by atoms with Crippen LogP contribution in [0.5, 0.6) is 0 Å². The first-order chi connectivity index (χ1) is 8.58. The van der Waals surface area contributed by atoms with Crippen molar-refractivity contribution in [3.63, 3.8) is 0 Å². The third kappa shape index (κ3) is 3.14. The van der Waals surface area contributed by atoms with Crippen LogP contribution in [0.1, 0.15) is 24.0 Å². The number of aromatic amines is 2. The smallest absolute Gasteiger partial charge is 0.251 e. The number of halogens is 1. The van der Waals surface area contributed by atoms with Crippen molar-refractivity contribution >= 4 is 23.4 Å². The number of aryl methyl sites for hydroxylation is 2. The molecule has 0 unspecified atom stereocenters. The van der Waals surface area contributed by atoms with Crippen LogP contribution in [0.25, 0.3) is 0 Å². The van der Waals surface area contributed by atoms with Gasteiger partial charge in [-0.05, 0) is 24.9 Å². The van der Waals surface area contributed by atoms with Crippen molar-refractivity contribution in [2.75, 3.05) is 0 Å². The Hall–Kier alpha value is -1.27. The highest BCUT2D eigenvalue weighted by molar-refractivity contribution is 7.98. The van der Waals surface area contributed by atoms with Gasteiger partial charge in [0.05, 0.1) is 5.69 Å². The third-order valence-electron chi connectivity index (χ3n) is 2.37. The molecule has 2 aromatic heterocycles. The molecule has 2 N–H and O–H groups in total. The second-order valence-corrected chi connectivity index (χ2v) is 5.11. The van der Waals surface area contributed by atoms with Crippen molar-refractivity contribution in [3.05, 3.63) is 38.8 Å². The van der Waals surface area contributed by atoms with E-state index < -0.39 is 0 Å². The van der Waals surface area contributed by atoms with Gasteiger partial charge in [0.2, 0.25) is 5.28 Å². The molecule has 96 valence electrons. The molecule has 0 saturated carbocycles. The fourth-order valence-corrected chi connectivity index (χ4v) is 2.70. The maximum atomic E-state index is 11.3. The SMILES string of the molecule is CCc1nc(Cl)[nH]c1CSc1nc(C)cc(=O)[nH]1. The Morgan fingerprint density at radius 3 is 2.83 bits per heavy atom. The highest BCUT2D eigenvalue weighted by Crippen LogP contribution is 2.21. The Morgan fingerprint density at radius 1 is 1.39 bits per heavy atom. The molecule has 2 rings (SSSR count). The summed E-state index contributed by atoms with van der Waals surface area (Å²) in [6, 6.07) is 1.47. The van der Waals surface area contributed by atoms with Crippen molar-refractivity contribution in [2.24, 2.45) is 0 Å². The molecule has 0 radical (unpaired) electrons. The zero-order chi connectivity index (χ0) is 13.1. The summed E-state index contributed by atoms with van der Waals surface area (Å²) in [5, 5.41) is 1.00. The molecule has 0 amide bonds. The fourth-order valence-electron chi connectivity index (χ4n) is 1.58. The average Bonchev–Trinajstić information content (AvgIpc) is 2.66. The van der Waals surface area contributed by atoms with E-state index in [0.29, 0.717) is 21.9 Å². The fraction of sp³-hybridized carbons (Fsp3) is 0.364. The van der Waals surface area contributed by atoms with Crippen LogP contribution in [0.4, 0.5) is 0 Å². The van der Waals surface area contributed by atoms with Crippen LogP contribution in [-0.2, 0) is 12.2 Å². The molecule has 2 heterocycles. The quantitative estimate of drug-likeness (QED) is 0.667. The second-order valence-electron chi connectivity index (χ2n) is 3.79. The van der Waals surface area contributed by atoms with Gasteiger partial charge in [0.15, 0.2) is 5.16 Å². The largest absolute Gasteiger partial charge is 0.332 e. The molecule has 2 aromatic rings. The molecular formula is C11H13ClN4OS. The summed E-state index contributed by atoms with van der Waals surface area (Å²) in [6.07, 6.45) is 0.816. The zero-order valence-corrected chi connectivity index (χ0v) is 11.7.